The van der Waals surface area contributed by atoms with Crippen molar-refractivity contribution in [1.82, 2.24) is 19.7 Å². The monoisotopic (exact) mass is 339 g/mol. The van der Waals surface area contributed by atoms with Crippen molar-refractivity contribution in [3.8, 4) is 17.3 Å². The predicted molar refractivity (Wildman–Crippen MR) is 91.2 cm³/mol. The van der Waals surface area contributed by atoms with Crippen molar-refractivity contribution in [1.29, 1.82) is 0 Å². The van der Waals surface area contributed by atoms with Crippen molar-refractivity contribution >= 4 is 11.7 Å². The van der Waals surface area contributed by atoms with Gasteiger partial charge < -0.3 is 14.8 Å². The minimum absolute atomic E-state index is 0.0680. The van der Waals surface area contributed by atoms with Gasteiger partial charge in [-0.05, 0) is 31.2 Å². The maximum Gasteiger partial charge on any atom is 0.362 e. The summed E-state index contributed by atoms with van der Waals surface area (Å²) in [6, 6.07) is 7.19. The van der Waals surface area contributed by atoms with E-state index in [9.17, 15) is 4.79 Å². The lowest BCUT2D eigenvalue weighted by molar-refractivity contribution is 0.0516. The Hall–Kier alpha value is -3.42. The maximum absolute atomic E-state index is 12.2. The van der Waals surface area contributed by atoms with Gasteiger partial charge in [0.25, 0.3) is 0 Å². The Kier molecular flexibility index (Phi) is 4.89. The third-order valence-electron chi connectivity index (χ3n) is 3.31. The molecular weight excluding hydrogens is 322 g/mol. The second-order valence-electron chi connectivity index (χ2n) is 4.93. The zero-order valence-electron chi connectivity index (χ0n) is 13.8. The molecule has 3 heterocycles. The molecule has 0 atom stereocenters. The fourth-order valence-electron chi connectivity index (χ4n) is 2.16. The summed E-state index contributed by atoms with van der Waals surface area (Å²) in [6.45, 7) is 1.97. The lowest BCUT2D eigenvalue weighted by Gasteiger charge is -2.08. The van der Waals surface area contributed by atoms with Gasteiger partial charge in [-0.3, -0.25) is 4.98 Å². The number of aromatic nitrogens is 4. The van der Waals surface area contributed by atoms with Crippen LogP contribution in [0.1, 0.15) is 17.4 Å². The second kappa shape index (κ2) is 7.43. The van der Waals surface area contributed by atoms with E-state index in [4.69, 9.17) is 9.47 Å². The molecule has 1 N–H and O–H groups in total. The molecule has 128 valence electrons. The van der Waals surface area contributed by atoms with Crippen LogP contribution < -0.4 is 10.1 Å². The molecule has 0 radical (unpaired) electrons. The third-order valence-corrected chi connectivity index (χ3v) is 3.31. The Bertz CT molecular complexity index is 864. The van der Waals surface area contributed by atoms with Crippen LogP contribution in [0.5, 0.6) is 11.6 Å². The molecule has 0 aromatic carbocycles. The molecule has 0 aliphatic rings. The van der Waals surface area contributed by atoms with Gasteiger partial charge in [-0.15, -0.1) is 0 Å². The molecule has 3 aromatic rings. The van der Waals surface area contributed by atoms with Gasteiger partial charge in [0.05, 0.1) is 30.4 Å². The summed E-state index contributed by atoms with van der Waals surface area (Å²) in [5.41, 5.74) is 1.45. The SMILES string of the molecule is CCOC(=O)c1nn(-c2cccnc2)cc1Oc1ncccc1NC. The zero-order chi connectivity index (χ0) is 17.6. The second-order valence-corrected chi connectivity index (χ2v) is 4.93. The quantitative estimate of drug-likeness (QED) is 0.690. The number of nitrogens with one attached hydrogen (secondary N) is 1. The van der Waals surface area contributed by atoms with E-state index in [1.165, 1.54) is 4.68 Å². The number of pyridine rings is 2. The number of ether oxygens (including phenoxy) is 2. The van der Waals surface area contributed by atoms with Crippen molar-refractivity contribution in [2.24, 2.45) is 0 Å². The normalized spacial score (nSPS) is 10.3. The molecule has 0 bridgehead atoms. The molecule has 0 unspecified atom stereocenters. The Morgan fingerprint density at radius 3 is 2.84 bits per heavy atom. The highest BCUT2D eigenvalue weighted by Crippen LogP contribution is 2.29. The third kappa shape index (κ3) is 3.57. The summed E-state index contributed by atoms with van der Waals surface area (Å²) in [4.78, 5) is 20.5. The predicted octanol–water partition coefficient (Wildman–Crippen LogP) is 2.67. The van der Waals surface area contributed by atoms with Gasteiger partial charge in [-0.25, -0.2) is 14.5 Å². The number of nitrogens with zero attached hydrogens (tertiary/aromatic N) is 4. The van der Waals surface area contributed by atoms with E-state index >= 15 is 0 Å². The lowest BCUT2D eigenvalue weighted by Crippen LogP contribution is -2.08. The van der Waals surface area contributed by atoms with E-state index in [0.29, 0.717) is 17.3 Å². The Labute approximate surface area is 144 Å². The van der Waals surface area contributed by atoms with Crippen LogP contribution in [0, 0.1) is 0 Å². The zero-order valence-corrected chi connectivity index (χ0v) is 13.8. The van der Waals surface area contributed by atoms with Gasteiger partial charge in [-0.1, -0.05) is 0 Å². The molecule has 0 amide bonds. The van der Waals surface area contributed by atoms with E-state index in [1.54, 1.807) is 50.9 Å². The molecule has 3 aromatic heterocycles. The number of hydrogen-bond acceptors (Lipinski definition) is 7. The number of anilines is 1. The molecule has 0 spiro atoms. The molecule has 3 rings (SSSR count). The lowest BCUT2D eigenvalue weighted by atomic mass is 10.4. The number of esters is 1. The van der Waals surface area contributed by atoms with Gasteiger partial charge in [0.1, 0.15) is 0 Å². The van der Waals surface area contributed by atoms with Crippen molar-refractivity contribution in [2.75, 3.05) is 19.0 Å². The number of hydrogen-bond donors (Lipinski definition) is 1. The molecule has 0 aliphatic heterocycles. The fraction of sp³-hybridized carbons (Fsp3) is 0.176. The molecule has 0 aliphatic carbocycles. The number of carbonyl (C=O) groups is 1. The highest BCUT2D eigenvalue weighted by Gasteiger charge is 2.22. The summed E-state index contributed by atoms with van der Waals surface area (Å²) in [6.07, 6.45) is 6.48. The molecular formula is C17H17N5O3. The van der Waals surface area contributed by atoms with Gasteiger partial charge in [0, 0.05) is 19.4 Å². The molecule has 8 nitrogen and oxygen atoms in total. The van der Waals surface area contributed by atoms with Crippen LogP contribution in [0.15, 0.2) is 49.1 Å². The molecule has 0 saturated carbocycles. The van der Waals surface area contributed by atoms with Gasteiger partial charge in [0.15, 0.2) is 5.75 Å². The van der Waals surface area contributed by atoms with E-state index in [2.05, 4.69) is 20.4 Å². The highest BCUT2D eigenvalue weighted by atomic mass is 16.5. The average Bonchev–Trinajstić information content (AvgIpc) is 3.07. The van der Waals surface area contributed by atoms with Crippen LogP contribution >= 0.6 is 0 Å². The number of carbonyl (C=O) groups excluding carboxylic acids is 1. The van der Waals surface area contributed by atoms with Crippen molar-refractivity contribution in [3.63, 3.8) is 0 Å². The minimum Gasteiger partial charge on any atom is -0.461 e. The van der Waals surface area contributed by atoms with Crippen LogP contribution in [0.25, 0.3) is 5.69 Å². The highest BCUT2D eigenvalue weighted by molar-refractivity contribution is 5.90. The molecule has 0 saturated heterocycles. The standard InChI is InChI=1S/C17H17N5O3/c1-3-24-17(23)15-14(25-16-13(18-2)7-5-9-20-16)11-22(21-15)12-6-4-8-19-10-12/h4-11,18H,3H2,1-2H3. The maximum atomic E-state index is 12.2. The average molecular weight is 339 g/mol. The summed E-state index contributed by atoms with van der Waals surface area (Å²) in [5, 5.41) is 7.27. The number of rotatable bonds is 6. The van der Waals surface area contributed by atoms with Crippen LogP contribution in [0.4, 0.5) is 5.69 Å². The van der Waals surface area contributed by atoms with Crippen molar-refractivity contribution in [3.05, 3.63) is 54.7 Å². The van der Waals surface area contributed by atoms with Gasteiger partial charge >= 0.3 is 5.97 Å². The first-order valence-electron chi connectivity index (χ1n) is 7.70. The van der Waals surface area contributed by atoms with E-state index in [-0.39, 0.29) is 18.1 Å². The van der Waals surface area contributed by atoms with Crippen molar-refractivity contribution < 1.29 is 14.3 Å². The van der Waals surface area contributed by atoms with E-state index in [1.807, 2.05) is 12.1 Å². The topological polar surface area (TPSA) is 91.2 Å². The molecule has 0 fully saturated rings. The van der Waals surface area contributed by atoms with Crippen LogP contribution in [-0.2, 0) is 4.74 Å². The first kappa shape index (κ1) is 16.4. The summed E-state index contributed by atoms with van der Waals surface area (Å²) >= 11 is 0. The van der Waals surface area contributed by atoms with Crippen LogP contribution in [-0.4, -0.2) is 39.4 Å². The van der Waals surface area contributed by atoms with Crippen LogP contribution in [0.2, 0.25) is 0 Å². The Balaban J connectivity index is 2.01. The Morgan fingerprint density at radius 1 is 1.28 bits per heavy atom. The van der Waals surface area contributed by atoms with Crippen molar-refractivity contribution in [2.45, 2.75) is 6.92 Å². The first-order chi connectivity index (χ1) is 12.2. The summed E-state index contributed by atoms with van der Waals surface area (Å²) in [7, 11) is 1.76. The fourth-order valence-corrected chi connectivity index (χ4v) is 2.16. The smallest absolute Gasteiger partial charge is 0.362 e. The first-order valence-corrected chi connectivity index (χ1v) is 7.70. The largest absolute Gasteiger partial charge is 0.461 e. The summed E-state index contributed by atoms with van der Waals surface area (Å²) in [5.74, 6) is 0.0147. The van der Waals surface area contributed by atoms with E-state index < -0.39 is 5.97 Å². The minimum atomic E-state index is -0.568. The summed E-state index contributed by atoms with van der Waals surface area (Å²) < 4.78 is 12.4. The van der Waals surface area contributed by atoms with Gasteiger partial charge in [0.2, 0.25) is 11.6 Å². The molecule has 25 heavy (non-hydrogen) atoms. The van der Waals surface area contributed by atoms with E-state index in [0.717, 1.165) is 0 Å². The Morgan fingerprint density at radius 2 is 2.12 bits per heavy atom. The van der Waals surface area contributed by atoms with Crippen LogP contribution in [0.3, 0.4) is 0 Å². The molecule has 8 heteroatoms. The van der Waals surface area contributed by atoms with Gasteiger partial charge in [-0.2, -0.15) is 5.10 Å².